The Labute approximate surface area is 166 Å². The van der Waals surface area contributed by atoms with Crippen LogP contribution in [-0.2, 0) is 6.54 Å². The maximum atomic E-state index is 12.6. The number of hydrogen-bond acceptors (Lipinski definition) is 2. The molecule has 0 saturated heterocycles. The zero-order chi connectivity index (χ0) is 18.8. The summed E-state index contributed by atoms with van der Waals surface area (Å²) >= 11 is 17.9. The Hall–Kier alpha value is -2.01. The van der Waals surface area contributed by atoms with E-state index in [1.807, 2.05) is 42.8 Å². The summed E-state index contributed by atoms with van der Waals surface area (Å²) in [6.07, 6.45) is 0. The van der Waals surface area contributed by atoms with Gasteiger partial charge < -0.3 is 5.32 Å². The van der Waals surface area contributed by atoms with Crippen LogP contribution in [0, 0.1) is 13.8 Å². The van der Waals surface area contributed by atoms with Gasteiger partial charge in [0, 0.05) is 10.0 Å². The van der Waals surface area contributed by atoms with Crippen molar-refractivity contribution in [1.82, 2.24) is 9.78 Å². The van der Waals surface area contributed by atoms with Gasteiger partial charge in [-0.2, -0.15) is 5.10 Å². The molecule has 1 aromatic heterocycles. The van der Waals surface area contributed by atoms with E-state index in [0.29, 0.717) is 32.9 Å². The number of nitrogens with zero attached hydrogens (tertiary/aromatic N) is 2. The van der Waals surface area contributed by atoms with Crippen molar-refractivity contribution in [2.45, 2.75) is 20.4 Å². The van der Waals surface area contributed by atoms with Crippen LogP contribution >= 0.6 is 34.8 Å². The fourth-order valence-electron chi connectivity index (χ4n) is 2.65. The van der Waals surface area contributed by atoms with E-state index in [2.05, 4.69) is 10.4 Å². The van der Waals surface area contributed by atoms with E-state index in [1.54, 1.807) is 18.2 Å². The summed E-state index contributed by atoms with van der Waals surface area (Å²) in [6, 6.07) is 12.4. The third kappa shape index (κ3) is 4.04. The summed E-state index contributed by atoms with van der Waals surface area (Å²) in [5.41, 5.74) is 3.69. The number of carbonyl (C=O) groups excluding carboxylic acids is 1. The first-order chi connectivity index (χ1) is 12.3. The molecular formula is C19H16Cl3N3O. The SMILES string of the molecule is Cc1nn(Cc2ccc(Cl)cc2)c(C)c1NC(=O)c1ccc(Cl)cc1Cl. The third-order valence-electron chi connectivity index (χ3n) is 4.04. The molecule has 0 aliphatic carbocycles. The van der Waals surface area contributed by atoms with E-state index in [-0.39, 0.29) is 5.91 Å². The Kier molecular flexibility index (Phi) is 5.56. The average molecular weight is 409 g/mol. The van der Waals surface area contributed by atoms with Crippen LogP contribution in [0.1, 0.15) is 27.3 Å². The lowest BCUT2D eigenvalue weighted by atomic mass is 10.2. The molecule has 0 aliphatic heterocycles. The molecule has 1 N–H and O–H groups in total. The molecule has 0 radical (unpaired) electrons. The highest BCUT2D eigenvalue weighted by atomic mass is 35.5. The van der Waals surface area contributed by atoms with E-state index in [4.69, 9.17) is 34.8 Å². The molecule has 3 rings (SSSR count). The number of halogens is 3. The topological polar surface area (TPSA) is 46.9 Å². The number of aromatic nitrogens is 2. The molecule has 0 atom stereocenters. The predicted molar refractivity (Wildman–Crippen MR) is 107 cm³/mol. The lowest BCUT2D eigenvalue weighted by Crippen LogP contribution is -2.14. The molecule has 0 unspecified atom stereocenters. The summed E-state index contributed by atoms with van der Waals surface area (Å²) in [5.74, 6) is -0.302. The molecule has 1 heterocycles. The molecule has 7 heteroatoms. The second-order valence-corrected chi connectivity index (χ2v) is 7.19. The van der Waals surface area contributed by atoms with Crippen molar-refractivity contribution in [3.63, 3.8) is 0 Å². The molecule has 0 aliphatic rings. The second-order valence-electron chi connectivity index (χ2n) is 5.91. The van der Waals surface area contributed by atoms with E-state index >= 15 is 0 Å². The van der Waals surface area contributed by atoms with Gasteiger partial charge in [0.05, 0.1) is 34.2 Å². The summed E-state index contributed by atoms with van der Waals surface area (Å²) < 4.78 is 1.84. The molecular weight excluding hydrogens is 393 g/mol. The van der Waals surface area contributed by atoms with Gasteiger partial charge in [-0.3, -0.25) is 9.48 Å². The van der Waals surface area contributed by atoms with Crippen molar-refractivity contribution in [3.05, 3.63) is 80.0 Å². The second kappa shape index (κ2) is 7.70. The number of aryl methyl sites for hydroxylation is 1. The molecule has 0 saturated carbocycles. The average Bonchev–Trinajstić information content (AvgIpc) is 2.84. The molecule has 3 aromatic rings. The van der Waals surface area contributed by atoms with E-state index in [9.17, 15) is 4.79 Å². The van der Waals surface area contributed by atoms with Crippen molar-refractivity contribution in [1.29, 1.82) is 0 Å². The van der Waals surface area contributed by atoms with Crippen molar-refractivity contribution < 1.29 is 4.79 Å². The van der Waals surface area contributed by atoms with Crippen LogP contribution in [0.3, 0.4) is 0 Å². The quantitative estimate of drug-likeness (QED) is 0.596. The van der Waals surface area contributed by atoms with Gasteiger partial charge in [0.25, 0.3) is 5.91 Å². The largest absolute Gasteiger partial charge is 0.319 e. The minimum Gasteiger partial charge on any atom is -0.319 e. The van der Waals surface area contributed by atoms with Gasteiger partial charge in [-0.25, -0.2) is 0 Å². The van der Waals surface area contributed by atoms with Crippen LogP contribution < -0.4 is 5.32 Å². The maximum absolute atomic E-state index is 12.6. The highest BCUT2D eigenvalue weighted by Crippen LogP contribution is 2.25. The molecule has 134 valence electrons. The summed E-state index contributed by atoms with van der Waals surface area (Å²) in [4.78, 5) is 12.6. The Balaban J connectivity index is 1.83. The Morgan fingerprint density at radius 1 is 1.04 bits per heavy atom. The van der Waals surface area contributed by atoms with Gasteiger partial charge in [-0.15, -0.1) is 0 Å². The van der Waals surface area contributed by atoms with Gasteiger partial charge in [-0.05, 0) is 49.7 Å². The summed E-state index contributed by atoms with van der Waals surface area (Å²) in [5, 5.41) is 8.90. The molecule has 0 fully saturated rings. The highest BCUT2D eigenvalue weighted by Gasteiger charge is 2.17. The van der Waals surface area contributed by atoms with Crippen LogP contribution in [0.25, 0.3) is 0 Å². The first-order valence-electron chi connectivity index (χ1n) is 7.90. The first kappa shape index (κ1) is 18.8. The molecule has 1 amide bonds. The number of rotatable bonds is 4. The van der Waals surface area contributed by atoms with Crippen LogP contribution in [0.2, 0.25) is 15.1 Å². The number of hydrogen-bond donors (Lipinski definition) is 1. The number of anilines is 1. The molecule has 0 spiro atoms. The van der Waals surface area contributed by atoms with Gasteiger partial charge in [0.1, 0.15) is 0 Å². The van der Waals surface area contributed by atoms with Crippen molar-refractivity contribution in [3.8, 4) is 0 Å². The summed E-state index contributed by atoms with van der Waals surface area (Å²) in [6.45, 7) is 4.35. The van der Waals surface area contributed by atoms with E-state index in [0.717, 1.165) is 17.0 Å². The molecule has 2 aromatic carbocycles. The Morgan fingerprint density at radius 2 is 1.69 bits per heavy atom. The fourth-order valence-corrected chi connectivity index (χ4v) is 3.27. The monoisotopic (exact) mass is 407 g/mol. The number of benzene rings is 2. The van der Waals surface area contributed by atoms with Crippen molar-refractivity contribution >= 4 is 46.4 Å². The van der Waals surface area contributed by atoms with E-state index in [1.165, 1.54) is 0 Å². The molecule has 0 bridgehead atoms. The zero-order valence-corrected chi connectivity index (χ0v) is 16.5. The zero-order valence-electron chi connectivity index (χ0n) is 14.2. The van der Waals surface area contributed by atoms with Crippen molar-refractivity contribution in [2.75, 3.05) is 5.32 Å². The number of carbonyl (C=O) groups is 1. The standard InChI is InChI=1S/C19H16Cl3N3O/c1-11-18(23-19(26)16-8-7-15(21)9-17(16)22)12(2)25(24-11)10-13-3-5-14(20)6-4-13/h3-9H,10H2,1-2H3,(H,23,26). The van der Waals surface area contributed by atoms with Crippen LogP contribution in [0.15, 0.2) is 42.5 Å². The lowest BCUT2D eigenvalue weighted by Gasteiger charge is -2.09. The summed E-state index contributed by atoms with van der Waals surface area (Å²) in [7, 11) is 0. The Bertz CT molecular complexity index is 965. The smallest absolute Gasteiger partial charge is 0.257 e. The van der Waals surface area contributed by atoms with Gasteiger partial charge in [0.15, 0.2) is 0 Å². The first-order valence-corrected chi connectivity index (χ1v) is 9.03. The van der Waals surface area contributed by atoms with Gasteiger partial charge >= 0.3 is 0 Å². The minimum atomic E-state index is -0.302. The van der Waals surface area contributed by atoms with Gasteiger partial charge in [-0.1, -0.05) is 46.9 Å². The van der Waals surface area contributed by atoms with Crippen LogP contribution in [-0.4, -0.2) is 15.7 Å². The third-order valence-corrected chi connectivity index (χ3v) is 4.84. The molecule has 4 nitrogen and oxygen atoms in total. The molecule has 26 heavy (non-hydrogen) atoms. The highest BCUT2D eigenvalue weighted by molar-refractivity contribution is 6.37. The van der Waals surface area contributed by atoms with Crippen LogP contribution in [0.5, 0.6) is 0 Å². The fraction of sp³-hybridized carbons (Fsp3) is 0.158. The van der Waals surface area contributed by atoms with Gasteiger partial charge in [0.2, 0.25) is 0 Å². The van der Waals surface area contributed by atoms with Crippen LogP contribution in [0.4, 0.5) is 5.69 Å². The maximum Gasteiger partial charge on any atom is 0.257 e. The van der Waals surface area contributed by atoms with Crippen molar-refractivity contribution in [2.24, 2.45) is 0 Å². The number of nitrogens with one attached hydrogen (secondary N) is 1. The van der Waals surface area contributed by atoms with E-state index < -0.39 is 0 Å². The lowest BCUT2D eigenvalue weighted by molar-refractivity contribution is 0.102. The Morgan fingerprint density at radius 3 is 2.35 bits per heavy atom. The normalized spacial score (nSPS) is 10.8. The number of amides is 1. The minimum absolute atomic E-state index is 0.302. The predicted octanol–water partition coefficient (Wildman–Crippen LogP) is 5.76.